The van der Waals surface area contributed by atoms with Crippen molar-refractivity contribution >= 4 is 11.6 Å². The minimum absolute atomic E-state index is 0.0549. The van der Waals surface area contributed by atoms with E-state index in [4.69, 9.17) is 4.74 Å². The Bertz CT molecular complexity index is 603. The number of hydrogen-bond donors (Lipinski definition) is 1. The lowest BCUT2D eigenvalue weighted by atomic mass is 10.1. The number of aryl methyl sites for hydroxylation is 2. The Morgan fingerprint density at radius 2 is 1.74 bits per heavy atom. The van der Waals surface area contributed by atoms with Gasteiger partial charge in [-0.15, -0.1) is 0 Å². The molecular formula is C20H25NO2. The van der Waals surface area contributed by atoms with Gasteiger partial charge in [-0.25, -0.2) is 0 Å². The third kappa shape index (κ3) is 6.15. The molecule has 1 amide bonds. The van der Waals surface area contributed by atoms with Crippen LogP contribution in [0.2, 0.25) is 0 Å². The van der Waals surface area contributed by atoms with E-state index >= 15 is 0 Å². The van der Waals surface area contributed by atoms with E-state index in [0.717, 1.165) is 30.7 Å². The van der Waals surface area contributed by atoms with Crippen LogP contribution in [0, 0.1) is 6.92 Å². The summed E-state index contributed by atoms with van der Waals surface area (Å²) in [4.78, 5) is 12.0. The number of carbonyl (C=O) groups excluding carboxylic acids is 1. The van der Waals surface area contributed by atoms with E-state index in [-0.39, 0.29) is 5.91 Å². The largest absolute Gasteiger partial charge is 0.494 e. The number of ether oxygens (including phenoxy) is 1. The molecule has 0 aromatic heterocycles. The van der Waals surface area contributed by atoms with Gasteiger partial charge in [0.05, 0.1) is 6.61 Å². The van der Waals surface area contributed by atoms with Crippen LogP contribution in [0.3, 0.4) is 0 Å². The number of hydrogen-bond acceptors (Lipinski definition) is 2. The van der Waals surface area contributed by atoms with Crippen molar-refractivity contribution < 1.29 is 9.53 Å². The molecule has 0 atom stereocenters. The molecule has 0 radical (unpaired) electrons. The molecule has 0 spiro atoms. The van der Waals surface area contributed by atoms with E-state index < -0.39 is 0 Å². The molecule has 2 aromatic rings. The van der Waals surface area contributed by atoms with Crippen LogP contribution < -0.4 is 10.1 Å². The van der Waals surface area contributed by atoms with E-state index in [9.17, 15) is 4.79 Å². The van der Waals surface area contributed by atoms with Crippen LogP contribution in [0.15, 0.2) is 48.5 Å². The number of anilines is 1. The lowest BCUT2D eigenvalue weighted by Crippen LogP contribution is -2.11. The minimum atomic E-state index is 0.0549. The minimum Gasteiger partial charge on any atom is -0.494 e. The van der Waals surface area contributed by atoms with Crippen molar-refractivity contribution in [3.63, 3.8) is 0 Å². The molecule has 2 rings (SSSR count). The first-order valence-electron chi connectivity index (χ1n) is 8.25. The van der Waals surface area contributed by atoms with Crippen molar-refractivity contribution in [2.24, 2.45) is 0 Å². The molecule has 0 fully saturated rings. The van der Waals surface area contributed by atoms with E-state index in [1.54, 1.807) is 0 Å². The van der Waals surface area contributed by atoms with Crippen LogP contribution >= 0.6 is 0 Å². The average molecular weight is 311 g/mol. The highest BCUT2D eigenvalue weighted by atomic mass is 16.5. The summed E-state index contributed by atoms with van der Waals surface area (Å²) in [5.74, 6) is 0.892. The standard InChI is InChI=1S/C20H25NO2/c1-3-15-23-19-13-11-18(12-14-19)21-20(22)6-4-5-17-9-7-16(2)8-10-17/h7-14H,3-6,15H2,1-2H3,(H,21,22). The summed E-state index contributed by atoms with van der Waals surface area (Å²) in [5, 5.41) is 2.93. The first-order valence-corrected chi connectivity index (χ1v) is 8.25. The fourth-order valence-electron chi connectivity index (χ4n) is 2.29. The van der Waals surface area contributed by atoms with Crippen LogP contribution in [0.25, 0.3) is 0 Å². The topological polar surface area (TPSA) is 38.3 Å². The second-order valence-electron chi connectivity index (χ2n) is 5.76. The highest BCUT2D eigenvalue weighted by Crippen LogP contribution is 2.16. The molecule has 0 saturated heterocycles. The maximum absolute atomic E-state index is 12.0. The Morgan fingerprint density at radius 1 is 1.04 bits per heavy atom. The van der Waals surface area contributed by atoms with Gasteiger partial charge in [-0.05, 0) is 56.0 Å². The summed E-state index contributed by atoms with van der Waals surface area (Å²) >= 11 is 0. The Balaban J connectivity index is 1.72. The lowest BCUT2D eigenvalue weighted by Gasteiger charge is -2.08. The van der Waals surface area contributed by atoms with Crippen molar-refractivity contribution in [1.29, 1.82) is 0 Å². The summed E-state index contributed by atoms with van der Waals surface area (Å²) in [6.07, 6.45) is 3.30. The number of amides is 1. The molecule has 0 heterocycles. The molecule has 0 bridgehead atoms. The van der Waals surface area contributed by atoms with Crippen molar-refractivity contribution in [2.75, 3.05) is 11.9 Å². The highest BCUT2D eigenvalue weighted by molar-refractivity contribution is 5.90. The average Bonchev–Trinajstić information content (AvgIpc) is 2.56. The Hall–Kier alpha value is -2.29. The Morgan fingerprint density at radius 3 is 2.39 bits per heavy atom. The smallest absolute Gasteiger partial charge is 0.224 e. The molecule has 0 aliphatic rings. The van der Waals surface area contributed by atoms with E-state index in [0.29, 0.717) is 13.0 Å². The van der Waals surface area contributed by atoms with Gasteiger partial charge >= 0.3 is 0 Å². The lowest BCUT2D eigenvalue weighted by molar-refractivity contribution is -0.116. The normalized spacial score (nSPS) is 10.3. The molecular weight excluding hydrogens is 286 g/mol. The SMILES string of the molecule is CCCOc1ccc(NC(=O)CCCc2ccc(C)cc2)cc1. The molecule has 1 N–H and O–H groups in total. The predicted molar refractivity (Wildman–Crippen MR) is 95.0 cm³/mol. The van der Waals surface area contributed by atoms with Gasteiger partial charge in [-0.3, -0.25) is 4.79 Å². The van der Waals surface area contributed by atoms with Crippen LogP contribution in [-0.4, -0.2) is 12.5 Å². The van der Waals surface area contributed by atoms with Crippen molar-refractivity contribution in [3.8, 4) is 5.75 Å². The highest BCUT2D eigenvalue weighted by Gasteiger charge is 2.03. The third-order valence-electron chi connectivity index (χ3n) is 3.60. The predicted octanol–water partition coefficient (Wildman–Crippen LogP) is 4.75. The van der Waals surface area contributed by atoms with Gasteiger partial charge < -0.3 is 10.1 Å². The zero-order valence-corrected chi connectivity index (χ0v) is 14.0. The molecule has 3 heteroatoms. The maximum atomic E-state index is 12.0. The van der Waals surface area contributed by atoms with Crippen LogP contribution in [0.1, 0.15) is 37.3 Å². The quantitative estimate of drug-likeness (QED) is 0.764. The summed E-state index contributed by atoms with van der Waals surface area (Å²) in [5.41, 5.74) is 3.35. The molecule has 23 heavy (non-hydrogen) atoms. The molecule has 0 saturated carbocycles. The van der Waals surface area contributed by atoms with Gasteiger partial charge in [0.15, 0.2) is 0 Å². The number of nitrogens with one attached hydrogen (secondary N) is 1. The second kappa shape index (κ2) is 8.99. The van der Waals surface area contributed by atoms with E-state index in [1.807, 2.05) is 24.3 Å². The first kappa shape index (κ1) is 17.1. The summed E-state index contributed by atoms with van der Waals surface area (Å²) in [6.45, 7) is 4.87. The fraction of sp³-hybridized carbons (Fsp3) is 0.350. The van der Waals surface area contributed by atoms with Crippen LogP contribution in [0.4, 0.5) is 5.69 Å². The van der Waals surface area contributed by atoms with Gasteiger partial charge in [0.25, 0.3) is 0 Å². The molecule has 3 nitrogen and oxygen atoms in total. The number of benzene rings is 2. The first-order chi connectivity index (χ1) is 11.2. The summed E-state index contributed by atoms with van der Waals surface area (Å²) in [6, 6.07) is 16.0. The Labute approximate surface area is 138 Å². The molecule has 0 unspecified atom stereocenters. The van der Waals surface area contributed by atoms with Gasteiger partial charge in [-0.2, -0.15) is 0 Å². The number of rotatable bonds is 8. The molecule has 122 valence electrons. The second-order valence-corrected chi connectivity index (χ2v) is 5.76. The zero-order chi connectivity index (χ0) is 16.5. The van der Waals surface area contributed by atoms with Gasteiger partial charge in [0, 0.05) is 12.1 Å². The monoisotopic (exact) mass is 311 g/mol. The fourth-order valence-corrected chi connectivity index (χ4v) is 2.29. The van der Waals surface area contributed by atoms with Gasteiger partial charge in [0.2, 0.25) is 5.91 Å². The zero-order valence-electron chi connectivity index (χ0n) is 14.0. The Kier molecular flexibility index (Phi) is 6.67. The van der Waals surface area contributed by atoms with Gasteiger partial charge in [0.1, 0.15) is 5.75 Å². The van der Waals surface area contributed by atoms with Gasteiger partial charge in [-0.1, -0.05) is 36.8 Å². The van der Waals surface area contributed by atoms with Crippen molar-refractivity contribution in [1.82, 2.24) is 0 Å². The molecule has 0 aliphatic carbocycles. The van der Waals surface area contributed by atoms with E-state index in [1.165, 1.54) is 11.1 Å². The van der Waals surface area contributed by atoms with Crippen molar-refractivity contribution in [3.05, 3.63) is 59.7 Å². The maximum Gasteiger partial charge on any atom is 0.224 e. The third-order valence-corrected chi connectivity index (χ3v) is 3.60. The van der Waals surface area contributed by atoms with Crippen LogP contribution in [-0.2, 0) is 11.2 Å². The molecule has 0 aliphatic heterocycles. The number of carbonyl (C=O) groups is 1. The van der Waals surface area contributed by atoms with Crippen LogP contribution in [0.5, 0.6) is 5.75 Å². The van der Waals surface area contributed by atoms with Crippen molar-refractivity contribution in [2.45, 2.75) is 39.5 Å². The summed E-state index contributed by atoms with van der Waals surface area (Å²) < 4.78 is 5.52. The summed E-state index contributed by atoms with van der Waals surface area (Å²) in [7, 11) is 0. The molecule has 2 aromatic carbocycles. The van der Waals surface area contributed by atoms with E-state index in [2.05, 4.69) is 43.4 Å².